The molecule has 1 unspecified atom stereocenters. The van der Waals surface area contributed by atoms with Gasteiger partial charge in [0, 0.05) is 42.8 Å². The third kappa shape index (κ3) is 2.86. The van der Waals surface area contributed by atoms with Gasteiger partial charge in [-0.15, -0.1) is 0 Å². The van der Waals surface area contributed by atoms with E-state index < -0.39 is 0 Å². The third-order valence-electron chi connectivity index (χ3n) is 5.82. The minimum atomic E-state index is 0.580. The summed E-state index contributed by atoms with van der Waals surface area (Å²) in [5, 5.41) is 8.39. The predicted octanol–water partition coefficient (Wildman–Crippen LogP) is 3.48. The molecule has 130 valence electrons. The maximum absolute atomic E-state index is 4.82. The van der Waals surface area contributed by atoms with E-state index >= 15 is 0 Å². The summed E-state index contributed by atoms with van der Waals surface area (Å²) in [4.78, 5) is 7.41. The second-order valence-electron chi connectivity index (χ2n) is 7.58. The number of nitrogens with zero attached hydrogens (tertiary/aromatic N) is 4. The summed E-state index contributed by atoms with van der Waals surface area (Å²) in [7, 11) is 0. The van der Waals surface area contributed by atoms with Gasteiger partial charge in [-0.1, -0.05) is 12.1 Å². The Kier molecular flexibility index (Phi) is 3.82. The van der Waals surface area contributed by atoms with Crippen LogP contribution < -0.4 is 0 Å². The van der Waals surface area contributed by atoms with E-state index in [2.05, 4.69) is 44.1 Å². The Bertz CT molecular complexity index is 877. The summed E-state index contributed by atoms with van der Waals surface area (Å²) in [5.41, 5.74) is 3.94. The molecule has 5 rings (SSSR count). The summed E-state index contributed by atoms with van der Waals surface area (Å²) < 4.78 is 2.51. The molecule has 1 atom stereocenters. The molecular formula is C20H25N5. The molecule has 2 aliphatic rings. The van der Waals surface area contributed by atoms with Gasteiger partial charge >= 0.3 is 0 Å². The number of aromatic nitrogens is 4. The zero-order valence-electron chi connectivity index (χ0n) is 14.6. The number of imidazole rings is 1. The maximum atomic E-state index is 4.82. The average Bonchev–Trinajstić information content (AvgIpc) is 3.28. The van der Waals surface area contributed by atoms with E-state index in [1.54, 1.807) is 0 Å². The maximum Gasteiger partial charge on any atom is 0.113 e. The molecule has 1 saturated heterocycles. The number of aryl methyl sites for hydroxylation is 1. The standard InChI is InChI=1S/C20H25N5/c1-2-9-25-18(5-1)12-21-20(25)17-4-3-8-24(14-17)13-15-6-7-16-11-22-23-19(16)10-15/h6-7,10-12,17H,1-5,8-9,13-14H2,(H,22,23). The summed E-state index contributed by atoms with van der Waals surface area (Å²) in [6, 6.07) is 6.64. The molecule has 0 aliphatic carbocycles. The van der Waals surface area contributed by atoms with Gasteiger partial charge in [0.25, 0.3) is 0 Å². The summed E-state index contributed by atoms with van der Waals surface area (Å²) in [6.07, 6.45) is 10.4. The van der Waals surface area contributed by atoms with Crippen LogP contribution in [0, 0.1) is 0 Å². The van der Waals surface area contributed by atoms with Crippen molar-refractivity contribution in [3.8, 4) is 0 Å². The van der Waals surface area contributed by atoms with Crippen LogP contribution in [0.15, 0.2) is 30.6 Å². The Hall–Kier alpha value is -2.14. The summed E-state index contributed by atoms with van der Waals surface area (Å²) in [5.74, 6) is 1.92. The molecule has 25 heavy (non-hydrogen) atoms. The van der Waals surface area contributed by atoms with Crippen molar-refractivity contribution in [2.75, 3.05) is 13.1 Å². The third-order valence-corrected chi connectivity index (χ3v) is 5.82. The van der Waals surface area contributed by atoms with Gasteiger partial charge in [0.2, 0.25) is 0 Å². The van der Waals surface area contributed by atoms with Gasteiger partial charge in [-0.2, -0.15) is 5.10 Å². The molecule has 0 radical (unpaired) electrons. The minimum absolute atomic E-state index is 0.580. The predicted molar refractivity (Wildman–Crippen MR) is 98.5 cm³/mol. The van der Waals surface area contributed by atoms with E-state index in [1.165, 1.54) is 61.1 Å². The van der Waals surface area contributed by atoms with E-state index in [9.17, 15) is 0 Å². The lowest BCUT2D eigenvalue weighted by Gasteiger charge is -2.33. The van der Waals surface area contributed by atoms with Gasteiger partial charge in [0.15, 0.2) is 0 Å². The van der Waals surface area contributed by atoms with Crippen LogP contribution in [0.1, 0.15) is 48.7 Å². The van der Waals surface area contributed by atoms with Gasteiger partial charge in [-0.25, -0.2) is 4.98 Å². The molecule has 5 nitrogen and oxygen atoms in total. The second-order valence-corrected chi connectivity index (χ2v) is 7.58. The van der Waals surface area contributed by atoms with E-state index in [0.717, 1.165) is 25.2 Å². The second kappa shape index (κ2) is 6.30. The molecule has 4 heterocycles. The molecule has 0 bridgehead atoms. The number of hydrogen-bond acceptors (Lipinski definition) is 3. The van der Waals surface area contributed by atoms with Crippen LogP contribution in [0.4, 0.5) is 0 Å². The van der Waals surface area contributed by atoms with Crippen molar-refractivity contribution in [2.45, 2.75) is 51.1 Å². The first-order chi connectivity index (χ1) is 12.4. The van der Waals surface area contributed by atoms with Crippen LogP contribution in [0.3, 0.4) is 0 Å². The van der Waals surface area contributed by atoms with E-state index in [4.69, 9.17) is 4.98 Å². The van der Waals surface area contributed by atoms with Gasteiger partial charge in [0.05, 0.1) is 11.7 Å². The number of nitrogens with one attached hydrogen (secondary N) is 1. The highest BCUT2D eigenvalue weighted by Crippen LogP contribution is 2.30. The normalized spacial score (nSPS) is 21.5. The Labute approximate surface area is 148 Å². The number of fused-ring (bicyclic) bond motifs is 2. The number of likely N-dealkylation sites (tertiary alicyclic amines) is 1. The van der Waals surface area contributed by atoms with E-state index in [1.807, 2.05) is 6.20 Å². The van der Waals surface area contributed by atoms with Crippen LogP contribution in [0.2, 0.25) is 0 Å². The van der Waals surface area contributed by atoms with Crippen molar-refractivity contribution < 1.29 is 0 Å². The molecule has 1 N–H and O–H groups in total. The highest BCUT2D eigenvalue weighted by Gasteiger charge is 2.26. The average molecular weight is 335 g/mol. The Balaban J connectivity index is 1.33. The van der Waals surface area contributed by atoms with Crippen LogP contribution in [0.5, 0.6) is 0 Å². The Morgan fingerprint density at radius 2 is 2.12 bits per heavy atom. The number of hydrogen-bond donors (Lipinski definition) is 1. The smallest absolute Gasteiger partial charge is 0.113 e. The summed E-state index contributed by atoms with van der Waals surface area (Å²) in [6.45, 7) is 4.49. The molecule has 1 aromatic carbocycles. The lowest BCUT2D eigenvalue weighted by Crippen LogP contribution is -2.35. The number of H-pyrrole nitrogens is 1. The monoisotopic (exact) mass is 335 g/mol. The van der Waals surface area contributed by atoms with Crippen LogP contribution in [-0.4, -0.2) is 37.7 Å². The van der Waals surface area contributed by atoms with E-state index in [-0.39, 0.29) is 0 Å². The van der Waals surface area contributed by atoms with Crippen molar-refractivity contribution >= 4 is 10.9 Å². The first kappa shape index (κ1) is 15.1. The van der Waals surface area contributed by atoms with Crippen molar-refractivity contribution in [1.29, 1.82) is 0 Å². The highest BCUT2D eigenvalue weighted by atomic mass is 15.2. The lowest BCUT2D eigenvalue weighted by atomic mass is 9.96. The topological polar surface area (TPSA) is 49.7 Å². The van der Waals surface area contributed by atoms with Crippen molar-refractivity contribution in [2.24, 2.45) is 0 Å². The first-order valence-corrected chi connectivity index (χ1v) is 9.55. The largest absolute Gasteiger partial charge is 0.332 e. The number of piperidine rings is 1. The SMILES string of the molecule is c1cc2cn[nH]c2cc1CN1CCCC(c2ncc3n2CCCC3)C1. The van der Waals surface area contributed by atoms with Gasteiger partial charge in [-0.3, -0.25) is 10.00 Å². The van der Waals surface area contributed by atoms with E-state index in [0.29, 0.717) is 5.92 Å². The van der Waals surface area contributed by atoms with Gasteiger partial charge in [-0.05, 0) is 50.3 Å². The molecule has 0 spiro atoms. The molecule has 5 heteroatoms. The molecule has 1 fully saturated rings. The van der Waals surface area contributed by atoms with Crippen molar-refractivity contribution in [3.63, 3.8) is 0 Å². The number of benzene rings is 1. The number of aromatic amines is 1. The Morgan fingerprint density at radius 1 is 1.12 bits per heavy atom. The molecule has 0 amide bonds. The highest BCUT2D eigenvalue weighted by molar-refractivity contribution is 5.78. The van der Waals surface area contributed by atoms with Crippen LogP contribution >= 0.6 is 0 Å². The molecule has 3 aromatic rings. The fourth-order valence-electron chi connectivity index (χ4n) is 4.54. The van der Waals surface area contributed by atoms with Gasteiger partial charge < -0.3 is 4.57 Å². The first-order valence-electron chi connectivity index (χ1n) is 9.55. The number of rotatable bonds is 3. The van der Waals surface area contributed by atoms with Crippen molar-refractivity contribution in [1.82, 2.24) is 24.6 Å². The van der Waals surface area contributed by atoms with Crippen LogP contribution in [0.25, 0.3) is 10.9 Å². The molecular weight excluding hydrogens is 310 g/mol. The van der Waals surface area contributed by atoms with Gasteiger partial charge in [0.1, 0.15) is 5.82 Å². The Morgan fingerprint density at radius 3 is 3.12 bits per heavy atom. The quantitative estimate of drug-likeness (QED) is 0.797. The zero-order chi connectivity index (χ0) is 16.6. The summed E-state index contributed by atoms with van der Waals surface area (Å²) >= 11 is 0. The minimum Gasteiger partial charge on any atom is -0.332 e. The fourth-order valence-corrected chi connectivity index (χ4v) is 4.54. The molecule has 2 aliphatic heterocycles. The molecule has 0 saturated carbocycles. The van der Waals surface area contributed by atoms with Crippen LogP contribution in [-0.2, 0) is 19.5 Å². The van der Waals surface area contributed by atoms with Crippen molar-refractivity contribution in [3.05, 3.63) is 47.7 Å². The molecule has 2 aromatic heterocycles. The fraction of sp³-hybridized carbons (Fsp3) is 0.500. The lowest BCUT2D eigenvalue weighted by molar-refractivity contribution is 0.194. The zero-order valence-corrected chi connectivity index (χ0v) is 14.6.